The summed E-state index contributed by atoms with van der Waals surface area (Å²) in [5.74, 6) is 2.88. The van der Waals surface area contributed by atoms with Gasteiger partial charge in [0.1, 0.15) is 23.7 Å². The van der Waals surface area contributed by atoms with Crippen LogP contribution >= 0.6 is 0 Å². The van der Waals surface area contributed by atoms with Crippen molar-refractivity contribution in [1.82, 2.24) is 4.90 Å². The van der Waals surface area contributed by atoms with Crippen molar-refractivity contribution < 1.29 is 14.3 Å². The maximum atomic E-state index is 13.7. The Bertz CT molecular complexity index is 1130. The molecule has 1 aliphatic heterocycles. The molecule has 1 aliphatic carbocycles. The van der Waals surface area contributed by atoms with Gasteiger partial charge in [-0.3, -0.25) is 4.79 Å². The van der Waals surface area contributed by atoms with Crippen molar-refractivity contribution in [2.45, 2.75) is 51.7 Å². The summed E-state index contributed by atoms with van der Waals surface area (Å²) in [6.45, 7) is 7.47. The lowest BCUT2D eigenvalue weighted by atomic mass is 9.94. The highest BCUT2D eigenvalue weighted by Crippen LogP contribution is 2.43. The first-order valence-corrected chi connectivity index (χ1v) is 12.1. The Morgan fingerprint density at radius 2 is 1.67 bits per heavy atom. The van der Waals surface area contributed by atoms with Crippen molar-refractivity contribution in [3.63, 3.8) is 0 Å². The molecule has 172 valence electrons. The second kappa shape index (κ2) is 8.74. The second-order valence-electron chi connectivity index (χ2n) is 10.4. The fraction of sp³-hybridized carbons (Fsp3) is 0.414. The lowest BCUT2D eigenvalue weighted by molar-refractivity contribution is 0.0657. The van der Waals surface area contributed by atoms with Gasteiger partial charge in [0.2, 0.25) is 0 Å². The fourth-order valence-electron chi connectivity index (χ4n) is 5.57. The Balaban J connectivity index is 1.34. The van der Waals surface area contributed by atoms with Crippen LogP contribution in [0, 0.1) is 11.8 Å². The molecule has 33 heavy (non-hydrogen) atoms. The van der Waals surface area contributed by atoms with Gasteiger partial charge in [0.05, 0.1) is 6.04 Å². The van der Waals surface area contributed by atoms with Gasteiger partial charge < -0.3 is 14.4 Å². The summed E-state index contributed by atoms with van der Waals surface area (Å²) in [6, 6.07) is 22.1. The lowest BCUT2D eigenvalue weighted by Crippen LogP contribution is -2.41. The lowest BCUT2D eigenvalue weighted by Gasteiger charge is -2.28. The Kier molecular flexibility index (Phi) is 5.77. The Morgan fingerprint density at radius 1 is 0.939 bits per heavy atom. The molecule has 0 spiro atoms. The number of carbonyl (C=O) groups excluding carboxylic acids is 1. The highest BCUT2D eigenvalue weighted by molar-refractivity contribution is 6.07. The Labute approximate surface area is 196 Å². The molecule has 2 fully saturated rings. The monoisotopic (exact) mass is 443 g/mol. The summed E-state index contributed by atoms with van der Waals surface area (Å²) in [5, 5.41) is 2.13. The van der Waals surface area contributed by atoms with Crippen LogP contribution in [0.5, 0.6) is 11.5 Å². The van der Waals surface area contributed by atoms with Crippen LogP contribution in [0.4, 0.5) is 0 Å². The number of hydrogen-bond donors (Lipinski definition) is 0. The molecule has 0 radical (unpaired) electrons. The molecule has 0 aromatic heterocycles. The van der Waals surface area contributed by atoms with Crippen molar-refractivity contribution in [2.75, 3.05) is 13.2 Å². The maximum Gasteiger partial charge on any atom is 0.254 e. The smallest absolute Gasteiger partial charge is 0.254 e. The summed E-state index contributed by atoms with van der Waals surface area (Å²) < 4.78 is 12.2. The average molecular weight is 444 g/mol. The highest BCUT2D eigenvalue weighted by atomic mass is 16.5. The quantitative estimate of drug-likeness (QED) is 0.462. The Morgan fingerprint density at radius 3 is 2.45 bits per heavy atom. The van der Waals surface area contributed by atoms with Crippen LogP contribution in [0.1, 0.15) is 50.4 Å². The number of amides is 1. The fourth-order valence-corrected chi connectivity index (χ4v) is 5.57. The third-order valence-electron chi connectivity index (χ3n) is 6.99. The molecule has 3 atom stereocenters. The van der Waals surface area contributed by atoms with Gasteiger partial charge in [-0.15, -0.1) is 0 Å². The van der Waals surface area contributed by atoms with E-state index in [0.29, 0.717) is 18.4 Å². The van der Waals surface area contributed by atoms with E-state index < -0.39 is 0 Å². The molecule has 3 unspecified atom stereocenters. The van der Waals surface area contributed by atoms with E-state index in [1.807, 2.05) is 75.4 Å². The van der Waals surface area contributed by atoms with Gasteiger partial charge in [-0.25, -0.2) is 0 Å². The number of benzene rings is 3. The van der Waals surface area contributed by atoms with Crippen molar-refractivity contribution in [1.29, 1.82) is 0 Å². The average Bonchev–Trinajstić information content (AvgIpc) is 3.38. The molecule has 1 heterocycles. The van der Waals surface area contributed by atoms with Gasteiger partial charge in [0.25, 0.3) is 5.91 Å². The minimum Gasteiger partial charge on any atom is -0.491 e. The minimum absolute atomic E-state index is 0.106. The minimum atomic E-state index is -0.230. The van der Waals surface area contributed by atoms with E-state index in [2.05, 4.69) is 17.0 Å². The zero-order valence-electron chi connectivity index (χ0n) is 19.8. The van der Waals surface area contributed by atoms with E-state index >= 15 is 0 Å². The number of hydrogen-bond acceptors (Lipinski definition) is 3. The molecule has 4 heteroatoms. The van der Waals surface area contributed by atoms with E-state index in [0.717, 1.165) is 34.4 Å². The molecule has 0 N–H and O–H groups in total. The molecular formula is C29H33NO3. The summed E-state index contributed by atoms with van der Waals surface area (Å²) in [4.78, 5) is 15.8. The summed E-state index contributed by atoms with van der Waals surface area (Å²) in [6.07, 6.45) is 3.64. The number of ether oxygens (including phenoxy) is 2. The van der Waals surface area contributed by atoms with E-state index in [1.165, 1.54) is 19.3 Å². The first-order chi connectivity index (χ1) is 15.9. The molecule has 3 aromatic carbocycles. The van der Waals surface area contributed by atoms with Crippen LogP contribution in [0.3, 0.4) is 0 Å². The predicted octanol–water partition coefficient (Wildman–Crippen LogP) is 6.34. The predicted molar refractivity (Wildman–Crippen MR) is 132 cm³/mol. The van der Waals surface area contributed by atoms with Crippen LogP contribution in [0.15, 0.2) is 66.7 Å². The van der Waals surface area contributed by atoms with Gasteiger partial charge in [0.15, 0.2) is 0 Å². The van der Waals surface area contributed by atoms with Gasteiger partial charge in [-0.1, -0.05) is 42.8 Å². The van der Waals surface area contributed by atoms with Crippen LogP contribution < -0.4 is 9.47 Å². The molecule has 1 saturated heterocycles. The largest absolute Gasteiger partial charge is 0.491 e. The molecule has 3 aromatic rings. The van der Waals surface area contributed by atoms with Crippen molar-refractivity contribution in [3.05, 3.63) is 72.3 Å². The highest BCUT2D eigenvalue weighted by Gasteiger charge is 2.46. The van der Waals surface area contributed by atoms with Crippen LogP contribution in [-0.4, -0.2) is 35.6 Å². The van der Waals surface area contributed by atoms with E-state index in [1.54, 1.807) is 0 Å². The first kappa shape index (κ1) is 21.8. The number of fused-ring (bicyclic) bond motifs is 2. The normalized spacial score (nSPS) is 22.4. The molecule has 4 nitrogen and oxygen atoms in total. The first-order valence-electron chi connectivity index (χ1n) is 12.1. The zero-order chi connectivity index (χ0) is 23.0. The van der Waals surface area contributed by atoms with Crippen molar-refractivity contribution >= 4 is 16.7 Å². The topological polar surface area (TPSA) is 38.8 Å². The zero-order valence-corrected chi connectivity index (χ0v) is 19.8. The number of likely N-dealkylation sites (tertiary alicyclic amines) is 1. The molecule has 5 rings (SSSR count). The molecule has 1 saturated carbocycles. The Hall–Kier alpha value is -3.01. The standard InChI is InChI=1S/C29H33NO3/c1-29(2,3)33-23-16-14-22(15-17-23)32-19-27-25-12-7-10-21(25)18-30(27)28(31)26-13-6-9-20-8-4-5-11-24(20)26/h4-6,8-9,11,13-17,21,25,27H,7,10,12,18-19H2,1-3H3. The van der Waals surface area contributed by atoms with E-state index in [-0.39, 0.29) is 17.6 Å². The van der Waals surface area contributed by atoms with Crippen molar-refractivity contribution in [3.8, 4) is 11.5 Å². The third kappa shape index (κ3) is 4.57. The molecule has 0 bridgehead atoms. The van der Waals surface area contributed by atoms with Gasteiger partial charge in [-0.05, 0) is 86.6 Å². The van der Waals surface area contributed by atoms with Crippen molar-refractivity contribution in [2.24, 2.45) is 11.8 Å². The molecule has 2 aliphatic rings. The summed E-state index contributed by atoms with van der Waals surface area (Å²) in [7, 11) is 0. The number of nitrogens with zero attached hydrogens (tertiary/aromatic N) is 1. The number of carbonyl (C=O) groups is 1. The van der Waals surface area contributed by atoms with Gasteiger partial charge in [0, 0.05) is 12.1 Å². The number of rotatable bonds is 5. The third-order valence-corrected chi connectivity index (χ3v) is 6.99. The van der Waals surface area contributed by atoms with Crippen LogP contribution in [0.25, 0.3) is 10.8 Å². The SMILES string of the molecule is CC(C)(C)Oc1ccc(OCC2C3CCCC3CN2C(=O)c2cccc3ccccc23)cc1. The summed E-state index contributed by atoms with van der Waals surface area (Å²) >= 11 is 0. The van der Waals surface area contributed by atoms with Crippen LogP contribution in [-0.2, 0) is 0 Å². The summed E-state index contributed by atoms with van der Waals surface area (Å²) in [5.41, 5.74) is 0.563. The molecule has 1 amide bonds. The second-order valence-corrected chi connectivity index (χ2v) is 10.4. The molecular weight excluding hydrogens is 410 g/mol. The van der Waals surface area contributed by atoms with E-state index in [4.69, 9.17) is 9.47 Å². The maximum absolute atomic E-state index is 13.7. The van der Waals surface area contributed by atoms with Gasteiger partial charge in [-0.2, -0.15) is 0 Å². The van der Waals surface area contributed by atoms with E-state index in [9.17, 15) is 4.79 Å². The van der Waals surface area contributed by atoms with Crippen LogP contribution in [0.2, 0.25) is 0 Å². The van der Waals surface area contributed by atoms with Gasteiger partial charge >= 0.3 is 0 Å².